The smallest absolute Gasteiger partial charge is 0.338 e. The highest BCUT2D eigenvalue weighted by Crippen LogP contribution is 2.50. The molecule has 190 valence electrons. The minimum absolute atomic E-state index is 0.0408. The molecular formula is C30H34O6. The van der Waals surface area contributed by atoms with Gasteiger partial charge in [-0.3, -0.25) is 0 Å². The summed E-state index contributed by atoms with van der Waals surface area (Å²) in [6.07, 6.45) is 1.64. The fourth-order valence-corrected chi connectivity index (χ4v) is 4.23. The van der Waals surface area contributed by atoms with Crippen LogP contribution in [0.15, 0.2) is 60.7 Å². The molecule has 0 saturated heterocycles. The molecule has 3 aromatic carbocycles. The summed E-state index contributed by atoms with van der Waals surface area (Å²) >= 11 is 0. The van der Waals surface area contributed by atoms with Gasteiger partial charge in [-0.1, -0.05) is 51.1 Å². The highest BCUT2D eigenvalue weighted by Gasteiger charge is 2.32. The van der Waals surface area contributed by atoms with E-state index in [0.29, 0.717) is 36.7 Å². The van der Waals surface area contributed by atoms with Crippen molar-refractivity contribution in [2.45, 2.75) is 52.1 Å². The van der Waals surface area contributed by atoms with E-state index in [0.717, 1.165) is 41.0 Å². The number of hydrogen-bond donors (Lipinski definition) is 1. The molecule has 0 spiro atoms. The largest absolute Gasteiger partial charge is 0.493 e. The van der Waals surface area contributed by atoms with Gasteiger partial charge in [0, 0.05) is 29.2 Å². The first-order valence-electron chi connectivity index (χ1n) is 12.7. The number of rotatable bonds is 11. The van der Waals surface area contributed by atoms with Crippen LogP contribution >= 0.6 is 0 Å². The first kappa shape index (κ1) is 25.6. The van der Waals surface area contributed by atoms with Gasteiger partial charge in [0.05, 0.1) is 24.9 Å². The number of aliphatic hydroxyl groups excluding tert-OH is 1. The van der Waals surface area contributed by atoms with E-state index in [1.807, 2.05) is 61.5 Å². The summed E-state index contributed by atoms with van der Waals surface area (Å²) < 4.78 is 23.5. The topological polar surface area (TPSA) is 74.2 Å². The highest BCUT2D eigenvalue weighted by atomic mass is 16.5. The molecule has 1 aliphatic rings. The summed E-state index contributed by atoms with van der Waals surface area (Å²) in [4.78, 5) is 13.1. The fourth-order valence-electron chi connectivity index (χ4n) is 4.23. The average molecular weight is 491 g/mol. The van der Waals surface area contributed by atoms with Gasteiger partial charge >= 0.3 is 5.97 Å². The maximum atomic E-state index is 13.1. The summed E-state index contributed by atoms with van der Waals surface area (Å²) in [5.74, 6) is 2.11. The second-order valence-electron chi connectivity index (χ2n) is 8.88. The Morgan fingerprint density at radius 2 is 1.44 bits per heavy atom. The van der Waals surface area contributed by atoms with E-state index >= 15 is 0 Å². The van der Waals surface area contributed by atoms with Crippen LogP contribution in [-0.2, 0) is 4.74 Å². The monoisotopic (exact) mass is 490 g/mol. The van der Waals surface area contributed by atoms with E-state index in [2.05, 4.69) is 13.8 Å². The van der Waals surface area contributed by atoms with Crippen LogP contribution < -0.4 is 14.2 Å². The summed E-state index contributed by atoms with van der Waals surface area (Å²) in [5.41, 5.74) is 3.13. The molecule has 6 heteroatoms. The third-order valence-corrected chi connectivity index (χ3v) is 6.13. The van der Waals surface area contributed by atoms with Crippen LogP contribution in [0.1, 0.15) is 73.0 Å². The van der Waals surface area contributed by atoms with Gasteiger partial charge in [-0.15, -0.1) is 0 Å². The van der Waals surface area contributed by atoms with Crippen molar-refractivity contribution in [3.05, 3.63) is 82.9 Å². The lowest BCUT2D eigenvalue weighted by molar-refractivity contribution is 0.0249. The second kappa shape index (κ2) is 12.0. The lowest BCUT2D eigenvalue weighted by Crippen LogP contribution is -2.20. The predicted molar refractivity (Wildman–Crippen MR) is 138 cm³/mol. The molecule has 0 radical (unpaired) electrons. The van der Waals surface area contributed by atoms with Crippen LogP contribution in [0.4, 0.5) is 0 Å². The first-order chi connectivity index (χ1) is 17.5. The Bertz CT molecular complexity index is 1130. The number of aliphatic hydroxyl groups is 1. The summed E-state index contributed by atoms with van der Waals surface area (Å²) in [6.45, 7) is 7.17. The molecule has 0 aliphatic carbocycles. The average Bonchev–Trinajstić information content (AvgIpc) is 2.91. The molecular weight excluding hydrogens is 456 g/mol. The SMILES string of the molecule is CCCOc1ccc2c(c1)Oc1cc(OCCC)ccc1C2c1ccccc1C(=O)OCC(O)CC. The Hall–Kier alpha value is -3.51. The van der Waals surface area contributed by atoms with Crippen molar-refractivity contribution in [1.82, 2.24) is 0 Å². The number of carbonyl (C=O) groups is 1. The molecule has 0 fully saturated rings. The van der Waals surface area contributed by atoms with E-state index in [1.165, 1.54) is 0 Å². The lowest BCUT2D eigenvalue weighted by Gasteiger charge is -2.30. The van der Waals surface area contributed by atoms with Gasteiger partial charge in [-0.25, -0.2) is 4.79 Å². The molecule has 36 heavy (non-hydrogen) atoms. The van der Waals surface area contributed by atoms with Crippen LogP contribution in [0, 0.1) is 0 Å². The zero-order chi connectivity index (χ0) is 25.5. The normalized spacial score (nSPS) is 13.2. The molecule has 1 heterocycles. The van der Waals surface area contributed by atoms with E-state index < -0.39 is 12.1 Å². The molecule has 3 aromatic rings. The number of hydrogen-bond acceptors (Lipinski definition) is 6. The molecule has 0 saturated carbocycles. The van der Waals surface area contributed by atoms with Gasteiger partial charge in [0.1, 0.15) is 29.6 Å². The number of benzene rings is 3. The summed E-state index contributed by atoms with van der Waals surface area (Å²) in [7, 11) is 0. The Balaban J connectivity index is 1.78. The van der Waals surface area contributed by atoms with Crippen LogP contribution in [0.3, 0.4) is 0 Å². The van der Waals surface area contributed by atoms with Gasteiger partial charge in [0.2, 0.25) is 0 Å². The van der Waals surface area contributed by atoms with Crippen LogP contribution in [0.25, 0.3) is 0 Å². The first-order valence-corrected chi connectivity index (χ1v) is 12.7. The minimum Gasteiger partial charge on any atom is -0.493 e. The molecule has 0 amide bonds. The molecule has 1 N–H and O–H groups in total. The predicted octanol–water partition coefficient (Wildman–Crippen LogP) is 6.48. The van der Waals surface area contributed by atoms with E-state index in [9.17, 15) is 9.90 Å². The Labute approximate surface area is 212 Å². The van der Waals surface area contributed by atoms with Gasteiger partial charge in [-0.05, 0) is 43.0 Å². The van der Waals surface area contributed by atoms with Crippen molar-refractivity contribution in [2.75, 3.05) is 19.8 Å². The Morgan fingerprint density at radius 1 is 0.861 bits per heavy atom. The van der Waals surface area contributed by atoms with Crippen LogP contribution in [-0.4, -0.2) is 37.0 Å². The standard InChI is InChI=1S/C30H34O6/c1-4-15-33-21-11-13-25-27(17-21)36-28-18-22(34-16-5-2)12-14-26(28)29(25)23-9-7-8-10-24(23)30(32)35-19-20(31)6-3/h7-14,17-18,20,29,31H,4-6,15-16,19H2,1-3H3. The van der Waals surface area contributed by atoms with Crippen molar-refractivity contribution in [2.24, 2.45) is 0 Å². The second-order valence-corrected chi connectivity index (χ2v) is 8.88. The quantitative estimate of drug-likeness (QED) is 0.243. The zero-order valence-corrected chi connectivity index (χ0v) is 21.2. The van der Waals surface area contributed by atoms with Crippen molar-refractivity contribution >= 4 is 5.97 Å². The van der Waals surface area contributed by atoms with E-state index in [1.54, 1.807) is 6.07 Å². The third-order valence-electron chi connectivity index (χ3n) is 6.13. The Kier molecular flexibility index (Phi) is 8.49. The van der Waals surface area contributed by atoms with Crippen molar-refractivity contribution in [1.29, 1.82) is 0 Å². The maximum Gasteiger partial charge on any atom is 0.338 e. The van der Waals surface area contributed by atoms with E-state index in [-0.39, 0.29) is 12.5 Å². The Morgan fingerprint density at radius 3 is 2.00 bits per heavy atom. The van der Waals surface area contributed by atoms with Crippen molar-refractivity contribution < 1.29 is 28.8 Å². The molecule has 0 aromatic heterocycles. The van der Waals surface area contributed by atoms with Crippen molar-refractivity contribution in [3.63, 3.8) is 0 Å². The van der Waals surface area contributed by atoms with Crippen LogP contribution in [0.2, 0.25) is 0 Å². The summed E-state index contributed by atoms with van der Waals surface area (Å²) in [6, 6.07) is 19.1. The van der Waals surface area contributed by atoms with Gasteiger partial charge in [0.25, 0.3) is 0 Å². The van der Waals surface area contributed by atoms with Crippen molar-refractivity contribution in [3.8, 4) is 23.0 Å². The molecule has 6 nitrogen and oxygen atoms in total. The van der Waals surface area contributed by atoms with E-state index in [4.69, 9.17) is 18.9 Å². The lowest BCUT2D eigenvalue weighted by atomic mass is 9.80. The molecule has 4 rings (SSSR count). The third kappa shape index (κ3) is 5.65. The number of fused-ring (bicyclic) bond motifs is 2. The zero-order valence-electron chi connectivity index (χ0n) is 21.2. The van der Waals surface area contributed by atoms with Gasteiger partial charge < -0.3 is 24.1 Å². The molecule has 1 unspecified atom stereocenters. The number of esters is 1. The number of carbonyl (C=O) groups excluding carboxylic acids is 1. The highest BCUT2D eigenvalue weighted by molar-refractivity contribution is 5.92. The summed E-state index contributed by atoms with van der Waals surface area (Å²) in [5, 5.41) is 9.89. The number of ether oxygens (including phenoxy) is 4. The minimum atomic E-state index is -0.686. The molecule has 1 aliphatic heterocycles. The van der Waals surface area contributed by atoms with Crippen LogP contribution in [0.5, 0.6) is 23.0 Å². The molecule has 0 bridgehead atoms. The maximum absolute atomic E-state index is 13.1. The van der Waals surface area contributed by atoms with Gasteiger partial charge in [0.15, 0.2) is 0 Å². The van der Waals surface area contributed by atoms with Gasteiger partial charge in [-0.2, -0.15) is 0 Å². The fraction of sp³-hybridized carbons (Fsp3) is 0.367. The molecule has 1 atom stereocenters.